The van der Waals surface area contributed by atoms with Crippen molar-refractivity contribution in [3.63, 3.8) is 0 Å². The minimum atomic E-state index is -0.231. The standard InChI is InChI=1S/C9H9FN2/c1-5-3-8(10)9-7(6(5)2)4-11-12-9/h3-4H,1-2H3,(H,11,12). The van der Waals surface area contributed by atoms with Crippen LogP contribution in [0.2, 0.25) is 0 Å². The van der Waals surface area contributed by atoms with Gasteiger partial charge in [0.25, 0.3) is 0 Å². The fourth-order valence-corrected chi connectivity index (χ4v) is 1.34. The summed E-state index contributed by atoms with van der Waals surface area (Å²) in [6, 6.07) is 1.52. The monoisotopic (exact) mass is 164 g/mol. The van der Waals surface area contributed by atoms with Crippen molar-refractivity contribution in [2.45, 2.75) is 13.8 Å². The number of aromatic nitrogens is 2. The molecule has 3 heteroatoms. The molecule has 0 saturated carbocycles. The van der Waals surface area contributed by atoms with E-state index in [2.05, 4.69) is 10.2 Å². The van der Waals surface area contributed by atoms with Crippen LogP contribution < -0.4 is 0 Å². The molecule has 0 aliphatic carbocycles. The number of rotatable bonds is 0. The van der Waals surface area contributed by atoms with E-state index in [9.17, 15) is 4.39 Å². The molecular formula is C9H9FN2. The number of hydrogen-bond donors (Lipinski definition) is 1. The lowest BCUT2D eigenvalue weighted by molar-refractivity contribution is 0.635. The number of H-pyrrole nitrogens is 1. The van der Waals surface area contributed by atoms with E-state index in [0.717, 1.165) is 16.5 Å². The molecule has 0 amide bonds. The highest BCUT2D eigenvalue weighted by Crippen LogP contribution is 2.21. The lowest BCUT2D eigenvalue weighted by Crippen LogP contribution is -1.86. The van der Waals surface area contributed by atoms with Gasteiger partial charge in [-0.25, -0.2) is 4.39 Å². The van der Waals surface area contributed by atoms with Gasteiger partial charge in [0, 0.05) is 5.39 Å². The topological polar surface area (TPSA) is 28.7 Å². The first-order valence-electron chi connectivity index (χ1n) is 3.79. The molecule has 2 rings (SSSR count). The summed E-state index contributed by atoms with van der Waals surface area (Å²) in [5.41, 5.74) is 2.54. The normalized spacial score (nSPS) is 10.9. The zero-order chi connectivity index (χ0) is 8.72. The second-order valence-corrected chi connectivity index (χ2v) is 2.96. The Labute approximate surface area is 69.4 Å². The minimum absolute atomic E-state index is 0.231. The Morgan fingerprint density at radius 3 is 2.92 bits per heavy atom. The van der Waals surface area contributed by atoms with Gasteiger partial charge in [0.15, 0.2) is 0 Å². The van der Waals surface area contributed by atoms with Gasteiger partial charge in [0.05, 0.1) is 6.20 Å². The predicted octanol–water partition coefficient (Wildman–Crippen LogP) is 2.32. The molecule has 0 radical (unpaired) electrons. The molecule has 0 unspecified atom stereocenters. The van der Waals surface area contributed by atoms with Gasteiger partial charge >= 0.3 is 0 Å². The molecule has 0 spiro atoms. The molecule has 0 bridgehead atoms. The Kier molecular flexibility index (Phi) is 1.40. The second kappa shape index (κ2) is 2.30. The summed E-state index contributed by atoms with van der Waals surface area (Å²) in [6.07, 6.45) is 1.65. The highest BCUT2D eigenvalue weighted by molar-refractivity contribution is 5.83. The van der Waals surface area contributed by atoms with Crippen LogP contribution in [0, 0.1) is 19.7 Å². The molecule has 12 heavy (non-hydrogen) atoms. The molecule has 2 aromatic rings. The zero-order valence-electron chi connectivity index (χ0n) is 6.98. The van der Waals surface area contributed by atoms with Crippen molar-refractivity contribution in [3.05, 3.63) is 29.2 Å². The molecule has 2 nitrogen and oxygen atoms in total. The lowest BCUT2D eigenvalue weighted by atomic mass is 10.1. The largest absolute Gasteiger partial charge is 0.275 e. The molecule has 0 aliphatic heterocycles. The van der Waals surface area contributed by atoms with Crippen LogP contribution in [-0.4, -0.2) is 10.2 Å². The van der Waals surface area contributed by atoms with Gasteiger partial charge in [-0.05, 0) is 31.0 Å². The quantitative estimate of drug-likeness (QED) is 0.636. The Balaban J connectivity index is 2.97. The number of halogens is 1. The van der Waals surface area contributed by atoms with E-state index in [-0.39, 0.29) is 5.82 Å². The Morgan fingerprint density at radius 1 is 1.42 bits per heavy atom. The van der Waals surface area contributed by atoms with E-state index in [1.54, 1.807) is 6.20 Å². The Bertz CT molecular complexity index is 431. The maximum absolute atomic E-state index is 13.2. The van der Waals surface area contributed by atoms with Gasteiger partial charge in [-0.2, -0.15) is 5.10 Å². The molecule has 0 atom stereocenters. The first-order valence-corrected chi connectivity index (χ1v) is 3.79. The van der Waals surface area contributed by atoms with Crippen molar-refractivity contribution in [2.24, 2.45) is 0 Å². The van der Waals surface area contributed by atoms with Crippen molar-refractivity contribution in [3.8, 4) is 0 Å². The average molecular weight is 164 g/mol. The summed E-state index contributed by atoms with van der Waals surface area (Å²) in [5, 5.41) is 7.30. The molecule has 0 fully saturated rings. The molecule has 0 saturated heterocycles. The van der Waals surface area contributed by atoms with Gasteiger partial charge < -0.3 is 0 Å². The maximum atomic E-state index is 13.2. The van der Waals surface area contributed by atoms with Crippen molar-refractivity contribution in [2.75, 3.05) is 0 Å². The maximum Gasteiger partial charge on any atom is 0.149 e. The fourth-order valence-electron chi connectivity index (χ4n) is 1.34. The van der Waals surface area contributed by atoms with Gasteiger partial charge in [-0.1, -0.05) is 0 Å². The number of fused-ring (bicyclic) bond motifs is 1. The number of nitrogens with zero attached hydrogens (tertiary/aromatic N) is 1. The lowest BCUT2D eigenvalue weighted by Gasteiger charge is -2.00. The summed E-state index contributed by atoms with van der Waals surface area (Å²) in [5.74, 6) is -0.231. The summed E-state index contributed by atoms with van der Waals surface area (Å²) in [6.45, 7) is 3.86. The smallest absolute Gasteiger partial charge is 0.149 e. The molecule has 1 aromatic heterocycles. The van der Waals surface area contributed by atoms with Crippen LogP contribution in [0.1, 0.15) is 11.1 Å². The van der Waals surface area contributed by atoms with Crippen molar-refractivity contribution in [1.82, 2.24) is 10.2 Å². The Hall–Kier alpha value is -1.38. The predicted molar refractivity (Wildman–Crippen MR) is 45.5 cm³/mol. The molecule has 62 valence electrons. The fraction of sp³-hybridized carbons (Fsp3) is 0.222. The van der Waals surface area contributed by atoms with Crippen LogP contribution in [0.25, 0.3) is 10.9 Å². The molecule has 1 heterocycles. The minimum Gasteiger partial charge on any atom is -0.275 e. The SMILES string of the molecule is Cc1cc(F)c2[nH]ncc2c1C. The van der Waals surface area contributed by atoms with Crippen molar-refractivity contribution >= 4 is 10.9 Å². The van der Waals surface area contributed by atoms with E-state index in [1.165, 1.54) is 6.07 Å². The van der Waals surface area contributed by atoms with Gasteiger partial charge in [0.2, 0.25) is 0 Å². The third-order valence-corrected chi connectivity index (χ3v) is 2.22. The van der Waals surface area contributed by atoms with Gasteiger partial charge in [0.1, 0.15) is 11.3 Å². The van der Waals surface area contributed by atoms with Crippen LogP contribution in [0.15, 0.2) is 12.3 Å². The first-order chi connectivity index (χ1) is 5.70. The zero-order valence-corrected chi connectivity index (χ0v) is 6.98. The Morgan fingerprint density at radius 2 is 2.17 bits per heavy atom. The van der Waals surface area contributed by atoms with Crippen LogP contribution in [0.3, 0.4) is 0 Å². The van der Waals surface area contributed by atoms with Crippen molar-refractivity contribution < 1.29 is 4.39 Å². The summed E-state index contributed by atoms with van der Waals surface area (Å²) < 4.78 is 13.2. The summed E-state index contributed by atoms with van der Waals surface area (Å²) >= 11 is 0. The molecule has 1 N–H and O–H groups in total. The van der Waals surface area contributed by atoms with Crippen LogP contribution in [-0.2, 0) is 0 Å². The van der Waals surface area contributed by atoms with Crippen LogP contribution in [0.4, 0.5) is 4.39 Å². The van der Waals surface area contributed by atoms with E-state index in [1.807, 2.05) is 13.8 Å². The molecule has 1 aromatic carbocycles. The number of nitrogens with one attached hydrogen (secondary N) is 1. The summed E-state index contributed by atoms with van der Waals surface area (Å²) in [7, 11) is 0. The number of benzene rings is 1. The third kappa shape index (κ3) is 0.826. The third-order valence-electron chi connectivity index (χ3n) is 2.22. The second-order valence-electron chi connectivity index (χ2n) is 2.96. The van der Waals surface area contributed by atoms with E-state index < -0.39 is 0 Å². The van der Waals surface area contributed by atoms with Gasteiger partial charge in [-0.15, -0.1) is 0 Å². The van der Waals surface area contributed by atoms with E-state index >= 15 is 0 Å². The van der Waals surface area contributed by atoms with E-state index in [0.29, 0.717) is 5.52 Å². The number of hydrogen-bond acceptors (Lipinski definition) is 1. The van der Waals surface area contributed by atoms with Crippen LogP contribution in [0.5, 0.6) is 0 Å². The molecule has 0 aliphatic rings. The first kappa shape index (κ1) is 7.28. The number of aromatic amines is 1. The average Bonchev–Trinajstić information content (AvgIpc) is 2.48. The van der Waals surface area contributed by atoms with Crippen LogP contribution >= 0.6 is 0 Å². The highest BCUT2D eigenvalue weighted by atomic mass is 19.1. The van der Waals surface area contributed by atoms with Gasteiger partial charge in [-0.3, -0.25) is 5.10 Å². The van der Waals surface area contributed by atoms with E-state index in [4.69, 9.17) is 0 Å². The summed E-state index contributed by atoms with van der Waals surface area (Å²) in [4.78, 5) is 0. The van der Waals surface area contributed by atoms with Crippen molar-refractivity contribution in [1.29, 1.82) is 0 Å². The molecular weight excluding hydrogens is 155 g/mol. The highest BCUT2D eigenvalue weighted by Gasteiger charge is 2.07. The number of aryl methyl sites for hydroxylation is 2.